The normalized spacial score (nSPS) is 11.2. The number of rotatable bonds is 6. The lowest BCUT2D eigenvalue weighted by Crippen LogP contribution is -2.36. The zero-order chi connectivity index (χ0) is 47.3. The fourth-order valence-electron chi connectivity index (χ4n) is 5.37. The van der Waals surface area contributed by atoms with E-state index in [2.05, 4.69) is 26.9 Å². The lowest BCUT2D eigenvalue weighted by atomic mass is 10.0. The number of alkyl halides is 6. The van der Waals surface area contributed by atoms with E-state index in [0.717, 1.165) is 37.3 Å². The number of nitrogens with zero attached hydrogens (tertiary/aromatic N) is 3. The van der Waals surface area contributed by atoms with Crippen molar-refractivity contribution in [2.24, 2.45) is 0 Å². The van der Waals surface area contributed by atoms with Gasteiger partial charge in [-0.05, 0) is 97.2 Å². The summed E-state index contributed by atoms with van der Waals surface area (Å²) in [5.74, 6) is -4.37. The van der Waals surface area contributed by atoms with Crippen LogP contribution < -0.4 is 10.2 Å². The summed E-state index contributed by atoms with van der Waals surface area (Å²) in [6.45, 7) is 4.99. The van der Waals surface area contributed by atoms with Crippen molar-refractivity contribution < 1.29 is 54.3 Å². The highest BCUT2D eigenvalue weighted by atomic mass is 35.5. The largest absolute Gasteiger partial charge is 0.435 e. The van der Waals surface area contributed by atoms with Crippen LogP contribution in [0.25, 0.3) is 22.3 Å². The van der Waals surface area contributed by atoms with Gasteiger partial charge in [-0.3, -0.25) is 19.2 Å². The fourth-order valence-corrected chi connectivity index (χ4v) is 7.67. The molecule has 0 bridgehead atoms. The maximum absolute atomic E-state index is 14.0. The van der Waals surface area contributed by atoms with Crippen molar-refractivity contribution in [1.82, 2.24) is 9.97 Å². The molecule has 6 rings (SSSR count). The Hall–Kier alpha value is -4.69. The van der Waals surface area contributed by atoms with Gasteiger partial charge in [-0.1, -0.05) is 58.5 Å². The van der Waals surface area contributed by atoms with E-state index in [4.69, 9.17) is 46.4 Å². The highest BCUT2D eigenvalue weighted by molar-refractivity contribution is 7.14. The SMILES string of the molecule is CC(=O)Cl.CC(=O)N(C(=O)c1sc(C)nc1C(F)(F)F)c1ccc(F)cc1-c1ccc(Cl)c(Cl)c1.Cc1nc(C(F)(F)F)c(C(=O)Nc2ccc(F)cc2-c2ccc(Cl)c(Cl)c2)s1. The zero-order valence-electron chi connectivity index (χ0n) is 32.1. The Bertz CT molecular complexity index is 2720. The summed E-state index contributed by atoms with van der Waals surface area (Å²) in [6, 6.07) is 15.4. The van der Waals surface area contributed by atoms with Crippen molar-refractivity contribution in [1.29, 1.82) is 0 Å². The Balaban J connectivity index is 0.000000256. The second kappa shape index (κ2) is 20.9. The first-order valence-electron chi connectivity index (χ1n) is 17.1. The van der Waals surface area contributed by atoms with E-state index in [1.807, 2.05) is 0 Å². The van der Waals surface area contributed by atoms with E-state index in [-0.39, 0.29) is 57.8 Å². The summed E-state index contributed by atoms with van der Waals surface area (Å²) >= 11 is 29.6. The molecule has 0 aliphatic carbocycles. The number of hydrogen-bond donors (Lipinski definition) is 1. The monoisotopic (exact) mass is 1020 g/mol. The van der Waals surface area contributed by atoms with Crippen LogP contribution in [0, 0.1) is 25.5 Å². The number of nitrogens with one attached hydrogen (secondary N) is 1. The van der Waals surface area contributed by atoms with Gasteiger partial charge in [0.1, 0.15) is 21.4 Å². The smallest absolute Gasteiger partial charge is 0.321 e. The molecule has 0 unspecified atom stereocenters. The van der Waals surface area contributed by atoms with Gasteiger partial charge >= 0.3 is 12.4 Å². The lowest BCUT2D eigenvalue weighted by Gasteiger charge is -2.22. The Morgan fingerprint density at radius 1 is 0.619 bits per heavy atom. The molecule has 6 aromatic rings. The average Bonchev–Trinajstić information content (AvgIpc) is 3.78. The molecule has 0 saturated carbocycles. The van der Waals surface area contributed by atoms with Gasteiger partial charge < -0.3 is 5.32 Å². The van der Waals surface area contributed by atoms with Crippen LogP contribution in [-0.2, 0) is 21.9 Å². The number of carbonyl (C=O) groups is 4. The Labute approximate surface area is 385 Å². The molecule has 23 heteroatoms. The highest BCUT2D eigenvalue weighted by Gasteiger charge is 2.42. The molecule has 0 aliphatic rings. The maximum atomic E-state index is 14.0. The molecule has 0 saturated heterocycles. The number of hydrogen-bond acceptors (Lipinski definition) is 8. The summed E-state index contributed by atoms with van der Waals surface area (Å²) in [6.07, 6.45) is -9.67. The van der Waals surface area contributed by atoms with Gasteiger partial charge in [-0.25, -0.2) is 23.6 Å². The summed E-state index contributed by atoms with van der Waals surface area (Å²) < 4.78 is 107. The minimum Gasteiger partial charge on any atom is -0.321 e. The number of anilines is 2. The van der Waals surface area contributed by atoms with Crippen LogP contribution in [0.15, 0.2) is 72.8 Å². The number of aromatic nitrogens is 2. The molecule has 0 aliphatic heterocycles. The highest BCUT2D eigenvalue weighted by Crippen LogP contribution is 2.40. The van der Waals surface area contributed by atoms with Crippen LogP contribution in [0.2, 0.25) is 20.1 Å². The number of halogens is 13. The minimum absolute atomic E-state index is 0.00277. The lowest BCUT2D eigenvalue weighted by molar-refractivity contribution is -0.141. The molecule has 0 fully saturated rings. The number of thiazole rings is 2. The minimum atomic E-state index is -4.90. The van der Waals surface area contributed by atoms with Crippen LogP contribution in [0.5, 0.6) is 0 Å². The van der Waals surface area contributed by atoms with Gasteiger partial charge in [0.25, 0.3) is 11.8 Å². The van der Waals surface area contributed by atoms with Gasteiger partial charge in [0.15, 0.2) is 11.4 Å². The zero-order valence-corrected chi connectivity index (χ0v) is 37.5. The quantitative estimate of drug-likeness (QED) is 0.131. The first kappa shape index (κ1) is 50.9. The van der Waals surface area contributed by atoms with Gasteiger partial charge in [-0.2, -0.15) is 26.3 Å². The molecule has 3 amide bonds. The van der Waals surface area contributed by atoms with Crippen molar-refractivity contribution >= 4 is 115 Å². The van der Waals surface area contributed by atoms with Crippen LogP contribution in [0.3, 0.4) is 0 Å². The predicted molar refractivity (Wildman–Crippen MR) is 229 cm³/mol. The van der Waals surface area contributed by atoms with E-state index >= 15 is 0 Å². The van der Waals surface area contributed by atoms with Crippen molar-refractivity contribution in [2.45, 2.75) is 40.0 Å². The number of imide groups is 1. The molecule has 63 heavy (non-hydrogen) atoms. The van der Waals surface area contributed by atoms with E-state index in [0.29, 0.717) is 38.7 Å². The third-order valence-corrected chi connectivity index (χ3v) is 11.2. The van der Waals surface area contributed by atoms with Crippen LogP contribution in [0.1, 0.15) is 54.6 Å². The number of aryl methyl sites for hydroxylation is 2. The van der Waals surface area contributed by atoms with Gasteiger partial charge in [0, 0.05) is 30.7 Å². The molecular weight excluding hydrogens is 994 g/mol. The summed E-state index contributed by atoms with van der Waals surface area (Å²) in [4.78, 5) is 53.2. The maximum Gasteiger partial charge on any atom is 0.435 e. The summed E-state index contributed by atoms with van der Waals surface area (Å²) in [7, 11) is 0. The molecule has 332 valence electrons. The van der Waals surface area contributed by atoms with Crippen molar-refractivity contribution in [3.05, 3.63) is 136 Å². The van der Waals surface area contributed by atoms with Crippen LogP contribution >= 0.6 is 80.7 Å². The Kier molecular flexibility index (Phi) is 16.9. The molecular formula is C40H25Cl5F8N4O4S2. The van der Waals surface area contributed by atoms with E-state index in [9.17, 15) is 54.3 Å². The molecule has 0 spiro atoms. The molecule has 2 aromatic heterocycles. The van der Waals surface area contributed by atoms with Crippen LogP contribution in [-0.4, -0.2) is 32.9 Å². The second-order valence-electron chi connectivity index (χ2n) is 12.5. The summed E-state index contributed by atoms with van der Waals surface area (Å²) in [5.41, 5.74) is -1.60. The van der Waals surface area contributed by atoms with Gasteiger partial charge in [0.05, 0.1) is 35.8 Å². The molecule has 8 nitrogen and oxygen atoms in total. The second-order valence-corrected chi connectivity index (χ2v) is 17.1. The third-order valence-electron chi connectivity index (χ3n) is 7.81. The first-order valence-corrected chi connectivity index (χ1v) is 20.6. The number of benzene rings is 4. The van der Waals surface area contributed by atoms with Crippen molar-refractivity contribution in [3.8, 4) is 22.3 Å². The fraction of sp³-hybridized carbons (Fsp3) is 0.150. The van der Waals surface area contributed by atoms with E-state index in [1.165, 1.54) is 57.2 Å². The third kappa shape index (κ3) is 13.2. The van der Waals surface area contributed by atoms with Gasteiger partial charge in [-0.15, -0.1) is 22.7 Å². The number of carbonyl (C=O) groups excluding carboxylic acids is 4. The average molecular weight is 1020 g/mol. The number of amides is 3. The molecule has 2 heterocycles. The van der Waals surface area contributed by atoms with Gasteiger partial charge in [0.2, 0.25) is 11.1 Å². The van der Waals surface area contributed by atoms with E-state index in [1.54, 1.807) is 6.07 Å². The topological polar surface area (TPSA) is 109 Å². The molecule has 4 aromatic carbocycles. The molecule has 1 N–H and O–H groups in total. The first-order chi connectivity index (χ1) is 29.2. The molecule has 0 atom stereocenters. The molecule has 0 radical (unpaired) electrons. The van der Waals surface area contributed by atoms with Crippen LogP contribution in [0.4, 0.5) is 46.5 Å². The Morgan fingerprint density at radius 3 is 1.51 bits per heavy atom. The Morgan fingerprint density at radius 2 is 1.05 bits per heavy atom. The summed E-state index contributed by atoms with van der Waals surface area (Å²) in [5, 5.41) is 2.98. The van der Waals surface area contributed by atoms with Crippen molar-refractivity contribution in [3.63, 3.8) is 0 Å². The van der Waals surface area contributed by atoms with Crippen molar-refractivity contribution in [2.75, 3.05) is 10.2 Å². The van der Waals surface area contributed by atoms with E-state index < -0.39 is 62.9 Å². The standard InChI is InChI=1S/C20H12Cl2F4N2O2S.C18H10Cl2F4N2OS.C2H3ClO/c1-9-27-18(20(24,25)26)17(31-9)19(30)28(10(2)29)16-6-4-12(23)8-13(16)11-3-5-14(21)15(22)7-11;1-8-25-16(18(22,23)24)15(28-8)17(27)26-14-5-3-10(21)7-11(14)9-2-4-12(19)13(20)6-9;1-2(3)4/h3-8H,1-2H3;2-7H,1H3,(H,26,27);1H3. The predicted octanol–water partition coefficient (Wildman–Crippen LogP) is 14.4.